The van der Waals surface area contributed by atoms with Crippen molar-refractivity contribution in [3.05, 3.63) is 38.2 Å². The summed E-state index contributed by atoms with van der Waals surface area (Å²) in [4.78, 5) is 15.9. The van der Waals surface area contributed by atoms with Gasteiger partial charge in [-0.3, -0.25) is 4.79 Å². The number of aromatic nitrogens is 1. The number of carbonyl (C=O) groups excluding carboxylic acids is 1. The number of benzene rings is 1. The van der Waals surface area contributed by atoms with Crippen LogP contribution < -0.4 is 11.1 Å². The average molecular weight is 391 g/mol. The first kappa shape index (κ1) is 13.5. The Hall–Kier alpha value is -0.920. The molecule has 1 aromatic carbocycles. The number of amides is 1. The number of nitrogens with one attached hydrogen (secondary N) is 1. The quantitative estimate of drug-likeness (QED) is 0.843. The highest BCUT2D eigenvalue weighted by Gasteiger charge is 2.11. The van der Waals surface area contributed by atoms with Gasteiger partial charge >= 0.3 is 0 Å². The van der Waals surface area contributed by atoms with Gasteiger partial charge in [0, 0.05) is 14.3 Å². The fourth-order valence-corrected chi connectivity index (χ4v) is 3.13. The minimum Gasteiger partial charge on any atom is -0.375 e. The second kappa shape index (κ2) is 5.81. The fourth-order valence-electron chi connectivity index (χ4n) is 1.37. The van der Waals surface area contributed by atoms with E-state index in [9.17, 15) is 4.79 Å². The zero-order valence-corrected chi connectivity index (χ0v) is 13.1. The molecule has 0 saturated carbocycles. The van der Waals surface area contributed by atoms with E-state index in [0.29, 0.717) is 16.5 Å². The van der Waals surface area contributed by atoms with Crippen LogP contribution in [0.3, 0.4) is 0 Å². The van der Waals surface area contributed by atoms with E-state index < -0.39 is 0 Å². The summed E-state index contributed by atoms with van der Waals surface area (Å²) in [6.07, 6.45) is 0.210. The van der Waals surface area contributed by atoms with Gasteiger partial charge in [-0.2, -0.15) is 0 Å². The van der Waals surface area contributed by atoms with Crippen LogP contribution in [-0.2, 0) is 11.2 Å². The number of rotatable bonds is 3. The van der Waals surface area contributed by atoms with E-state index in [2.05, 4.69) is 42.2 Å². The van der Waals surface area contributed by atoms with Gasteiger partial charge in [-0.05, 0) is 44.0 Å². The fraction of sp³-hybridized carbons (Fsp3) is 0.0909. The molecule has 0 aliphatic heterocycles. The molecule has 0 radical (unpaired) electrons. The van der Waals surface area contributed by atoms with Gasteiger partial charge in [-0.1, -0.05) is 6.07 Å². The van der Waals surface area contributed by atoms with Crippen LogP contribution in [0.5, 0.6) is 0 Å². The summed E-state index contributed by atoms with van der Waals surface area (Å²) in [6.45, 7) is 0. The van der Waals surface area contributed by atoms with Crippen LogP contribution in [0.4, 0.5) is 10.8 Å². The molecule has 18 heavy (non-hydrogen) atoms. The predicted octanol–water partition coefficient (Wildman–Crippen LogP) is 3.43. The third kappa shape index (κ3) is 3.30. The number of nitrogen functional groups attached to an aromatic ring is 1. The molecule has 0 bridgehead atoms. The topological polar surface area (TPSA) is 68.0 Å². The molecule has 0 fully saturated rings. The molecule has 7 heteroatoms. The smallest absolute Gasteiger partial charge is 0.230 e. The summed E-state index contributed by atoms with van der Waals surface area (Å²) in [6, 6.07) is 5.60. The highest BCUT2D eigenvalue weighted by molar-refractivity contribution is 9.11. The van der Waals surface area contributed by atoms with E-state index in [-0.39, 0.29) is 12.3 Å². The summed E-state index contributed by atoms with van der Waals surface area (Å²) < 4.78 is 1.64. The van der Waals surface area contributed by atoms with E-state index in [0.717, 1.165) is 8.95 Å². The van der Waals surface area contributed by atoms with Crippen molar-refractivity contribution in [1.29, 1.82) is 0 Å². The molecule has 0 saturated heterocycles. The van der Waals surface area contributed by atoms with Gasteiger partial charge in [0.15, 0.2) is 5.13 Å². The highest BCUT2D eigenvalue weighted by Crippen LogP contribution is 2.30. The van der Waals surface area contributed by atoms with E-state index in [4.69, 9.17) is 5.73 Å². The molecule has 1 aromatic heterocycles. The summed E-state index contributed by atoms with van der Waals surface area (Å²) in [5.74, 6) is -0.132. The van der Waals surface area contributed by atoms with Crippen LogP contribution in [0.1, 0.15) is 5.69 Å². The molecule has 94 valence electrons. The van der Waals surface area contributed by atoms with Gasteiger partial charge < -0.3 is 11.1 Å². The average Bonchev–Trinajstić information content (AvgIpc) is 2.69. The van der Waals surface area contributed by atoms with Gasteiger partial charge in [0.1, 0.15) is 0 Å². The maximum atomic E-state index is 11.9. The molecule has 3 N–H and O–H groups in total. The predicted molar refractivity (Wildman–Crippen MR) is 80.7 cm³/mol. The molecular formula is C11H9Br2N3OS. The maximum Gasteiger partial charge on any atom is 0.230 e. The van der Waals surface area contributed by atoms with Gasteiger partial charge in [-0.15, -0.1) is 11.3 Å². The van der Waals surface area contributed by atoms with E-state index in [1.54, 1.807) is 5.38 Å². The second-order valence-corrected chi connectivity index (χ2v) is 6.10. The summed E-state index contributed by atoms with van der Waals surface area (Å²) >= 11 is 8.10. The zero-order chi connectivity index (χ0) is 13.1. The number of carbonyl (C=O) groups is 1. The van der Waals surface area contributed by atoms with Crippen LogP contribution in [-0.4, -0.2) is 10.9 Å². The monoisotopic (exact) mass is 389 g/mol. The molecule has 1 heterocycles. The minimum absolute atomic E-state index is 0.132. The minimum atomic E-state index is -0.132. The molecule has 2 aromatic rings. The molecular weight excluding hydrogens is 382 g/mol. The molecule has 0 unspecified atom stereocenters. The number of para-hydroxylation sites is 1. The van der Waals surface area contributed by atoms with Gasteiger partial charge in [0.25, 0.3) is 0 Å². The molecule has 0 atom stereocenters. The first-order valence-corrected chi connectivity index (χ1v) is 7.46. The Labute approximate surface area is 125 Å². The van der Waals surface area contributed by atoms with E-state index in [1.165, 1.54) is 11.3 Å². The Balaban J connectivity index is 2.08. The first-order valence-electron chi connectivity index (χ1n) is 5.00. The van der Waals surface area contributed by atoms with Crippen molar-refractivity contribution in [1.82, 2.24) is 4.98 Å². The lowest BCUT2D eigenvalue weighted by Gasteiger charge is -2.08. The van der Waals surface area contributed by atoms with Crippen LogP contribution in [0.15, 0.2) is 32.5 Å². The third-order valence-corrected chi connectivity index (χ3v) is 4.18. The standard InChI is InChI=1S/C11H9Br2N3OS/c12-7-2-1-3-8(13)10(7)16-9(17)4-6-5-18-11(14)15-6/h1-3,5H,4H2,(H2,14,15)(H,16,17). The maximum absolute atomic E-state index is 11.9. The number of hydrogen-bond donors (Lipinski definition) is 2. The summed E-state index contributed by atoms with van der Waals surface area (Å²) in [5, 5.41) is 5.08. The van der Waals surface area contributed by atoms with Crippen molar-refractivity contribution in [3.63, 3.8) is 0 Å². The molecule has 1 amide bonds. The van der Waals surface area contributed by atoms with Crippen molar-refractivity contribution in [2.75, 3.05) is 11.1 Å². The molecule has 0 aliphatic carbocycles. The third-order valence-electron chi connectivity index (χ3n) is 2.14. The zero-order valence-electron chi connectivity index (χ0n) is 9.11. The van der Waals surface area contributed by atoms with Crippen molar-refractivity contribution in [2.24, 2.45) is 0 Å². The largest absolute Gasteiger partial charge is 0.375 e. The Morgan fingerprint density at radius 1 is 1.39 bits per heavy atom. The van der Waals surface area contributed by atoms with Crippen LogP contribution in [0.25, 0.3) is 0 Å². The lowest BCUT2D eigenvalue weighted by Crippen LogP contribution is -2.15. The van der Waals surface area contributed by atoms with Crippen molar-refractivity contribution in [3.8, 4) is 0 Å². The van der Waals surface area contributed by atoms with Crippen molar-refractivity contribution >= 4 is 59.9 Å². The van der Waals surface area contributed by atoms with Crippen LogP contribution in [0.2, 0.25) is 0 Å². The van der Waals surface area contributed by atoms with Crippen molar-refractivity contribution < 1.29 is 4.79 Å². The number of nitrogens with two attached hydrogens (primary N) is 1. The van der Waals surface area contributed by atoms with E-state index in [1.807, 2.05) is 18.2 Å². The SMILES string of the molecule is Nc1nc(CC(=O)Nc2c(Br)cccc2Br)cs1. The summed E-state index contributed by atoms with van der Waals surface area (Å²) in [5.41, 5.74) is 6.91. The Kier molecular flexibility index (Phi) is 4.36. The number of nitrogens with zero attached hydrogens (tertiary/aromatic N) is 1. The lowest BCUT2D eigenvalue weighted by molar-refractivity contribution is -0.115. The molecule has 2 rings (SSSR count). The van der Waals surface area contributed by atoms with Gasteiger partial charge in [-0.25, -0.2) is 4.98 Å². The number of thiazole rings is 1. The van der Waals surface area contributed by atoms with Crippen LogP contribution in [0, 0.1) is 0 Å². The second-order valence-electron chi connectivity index (χ2n) is 3.50. The highest BCUT2D eigenvalue weighted by atomic mass is 79.9. The molecule has 0 spiro atoms. The molecule has 4 nitrogen and oxygen atoms in total. The lowest BCUT2D eigenvalue weighted by atomic mass is 10.3. The normalized spacial score (nSPS) is 10.3. The number of hydrogen-bond acceptors (Lipinski definition) is 4. The Morgan fingerprint density at radius 2 is 2.06 bits per heavy atom. The number of halogens is 2. The summed E-state index contributed by atoms with van der Waals surface area (Å²) in [7, 11) is 0. The first-order chi connectivity index (χ1) is 8.56. The Bertz CT molecular complexity index is 565. The van der Waals surface area contributed by atoms with Gasteiger partial charge in [0.2, 0.25) is 5.91 Å². The Morgan fingerprint density at radius 3 is 2.61 bits per heavy atom. The van der Waals surface area contributed by atoms with Crippen molar-refractivity contribution in [2.45, 2.75) is 6.42 Å². The molecule has 0 aliphatic rings. The number of anilines is 2. The van der Waals surface area contributed by atoms with Gasteiger partial charge in [0.05, 0.1) is 17.8 Å². The van der Waals surface area contributed by atoms with E-state index >= 15 is 0 Å². The van der Waals surface area contributed by atoms with Crippen LogP contribution >= 0.6 is 43.2 Å².